The van der Waals surface area contributed by atoms with E-state index in [-0.39, 0.29) is 11.9 Å². The first-order chi connectivity index (χ1) is 9.54. The van der Waals surface area contributed by atoms with E-state index in [0.717, 1.165) is 15.6 Å². The smallest absolute Gasteiger partial charge is 0.224 e. The van der Waals surface area contributed by atoms with Gasteiger partial charge in [-0.25, -0.2) is 0 Å². The van der Waals surface area contributed by atoms with Crippen molar-refractivity contribution in [2.24, 2.45) is 0 Å². The molecule has 0 bridgehead atoms. The van der Waals surface area contributed by atoms with Crippen molar-refractivity contribution < 1.29 is 4.79 Å². The molecule has 0 saturated heterocycles. The van der Waals surface area contributed by atoms with Crippen molar-refractivity contribution in [3.63, 3.8) is 0 Å². The summed E-state index contributed by atoms with van der Waals surface area (Å²) in [6, 6.07) is 15.3. The van der Waals surface area contributed by atoms with Gasteiger partial charge in [-0.15, -0.1) is 0 Å². The molecule has 2 aromatic carbocycles. The Balaban J connectivity index is 1.97. The first-order valence-electron chi connectivity index (χ1n) is 6.44. The summed E-state index contributed by atoms with van der Waals surface area (Å²) in [6.07, 6.45) is 0.367. The van der Waals surface area contributed by atoms with Crippen LogP contribution in [0.4, 0.5) is 5.69 Å². The van der Waals surface area contributed by atoms with E-state index in [1.54, 1.807) is 0 Å². The van der Waals surface area contributed by atoms with Crippen LogP contribution in [-0.4, -0.2) is 5.91 Å². The Kier molecular flexibility index (Phi) is 4.79. The molecule has 0 fully saturated rings. The zero-order valence-electron chi connectivity index (χ0n) is 11.3. The molecule has 1 atom stereocenters. The SMILES string of the molecule is CC(NC(=O)Cc1cccc(Br)c1)c1cccc(N)c1. The molecule has 0 aliphatic rings. The van der Waals surface area contributed by atoms with E-state index in [9.17, 15) is 4.79 Å². The van der Waals surface area contributed by atoms with E-state index in [1.807, 2.05) is 55.5 Å². The molecule has 0 heterocycles. The van der Waals surface area contributed by atoms with Gasteiger partial charge in [0.15, 0.2) is 0 Å². The van der Waals surface area contributed by atoms with Crippen LogP contribution in [0.15, 0.2) is 53.0 Å². The Labute approximate surface area is 127 Å². The number of amides is 1. The van der Waals surface area contributed by atoms with Crippen molar-refractivity contribution >= 4 is 27.5 Å². The molecule has 1 amide bonds. The summed E-state index contributed by atoms with van der Waals surface area (Å²) >= 11 is 3.40. The number of anilines is 1. The fraction of sp³-hybridized carbons (Fsp3) is 0.188. The minimum Gasteiger partial charge on any atom is -0.399 e. The number of carbonyl (C=O) groups is 1. The summed E-state index contributed by atoms with van der Waals surface area (Å²) < 4.78 is 0.978. The van der Waals surface area contributed by atoms with E-state index in [2.05, 4.69) is 21.2 Å². The average molecular weight is 333 g/mol. The predicted molar refractivity (Wildman–Crippen MR) is 85.3 cm³/mol. The lowest BCUT2D eigenvalue weighted by atomic mass is 10.1. The van der Waals surface area contributed by atoms with Crippen LogP contribution >= 0.6 is 15.9 Å². The highest BCUT2D eigenvalue weighted by molar-refractivity contribution is 9.10. The second-order valence-corrected chi connectivity index (χ2v) is 5.68. The molecule has 3 nitrogen and oxygen atoms in total. The van der Waals surface area contributed by atoms with Crippen LogP contribution in [0, 0.1) is 0 Å². The fourth-order valence-corrected chi connectivity index (χ4v) is 2.48. The van der Waals surface area contributed by atoms with E-state index in [1.165, 1.54) is 0 Å². The van der Waals surface area contributed by atoms with Gasteiger partial charge in [0, 0.05) is 10.2 Å². The van der Waals surface area contributed by atoms with Crippen LogP contribution in [0.2, 0.25) is 0 Å². The van der Waals surface area contributed by atoms with Gasteiger partial charge < -0.3 is 11.1 Å². The van der Waals surface area contributed by atoms with Gasteiger partial charge in [0.1, 0.15) is 0 Å². The highest BCUT2D eigenvalue weighted by atomic mass is 79.9. The zero-order chi connectivity index (χ0) is 14.5. The van der Waals surface area contributed by atoms with Crippen LogP contribution in [0.5, 0.6) is 0 Å². The van der Waals surface area contributed by atoms with Crippen LogP contribution in [0.1, 0.15) is 24.1 Å². The fourth-order valence-electron chi connectivity index (χ4n) is 2.04. The van der Waals surface area contributed by atoms with Crippen LogP contribution in [-0.2, 0) is 11.2 Å². The number of hydrogen-bond donors (Lipinski definition) is 2. The van der Waals surface area contributed by atoms with Crippen molar-refractivity contribution in [3.05, 3.63) is 64.1 Å². The number of hydrogen-bond acceptors (Lipinski definition) is 2. The third-order valence-electron chi connectivity index (χ3n) is 3.04. The van der Waals surface area contributed by atoms with Crippen molar-refractivity contribution in [2.45, 2.75) is 19.4 Å². The van der Waals surface area contributed by atoms with Crippen molar-refractivity contribution in [2.75, 3.05) is 5.73 Å². The molecule has 20 heavy (non-hydrogen) atoms. The van der Waals surface area contributed by atoms with Gasteiger partial charge in [-0.1, -0.05) is 40.2 Å². The number of rotatable bonds is 4. The van der Waals surface area contributed by atoms with Gasteiger partial charge in [-0.05, 0) is 42.3 Å². The Morgan fingerprint density at radius 2 is 2.00 bits per heavy atom. The largest absolute Gasteiger partial charge is 0.399 e. The molecule has 0 saturated carbocycles. The lowest BCUT2D eigenvalue weighted by Gasteiger charge is -2.15. The molecule has 2 aromatic rings. The summed E-state index contributed by atoms with van der Waals surface area (Å²) in [4.78, 5) is 12.0. The minimum absolute atomic E-state index is 0.00183. The first-order valence-corrected chi connectivity index (χ1v) is 7.23. The van der Waals surface area contributed by atoms with Gasteiger partial charge in [-0.3, -0.25) is 4.79 Å². The maximum atomic E-state index is 12.0. The highest BCUT2D eigenvalue weighted by Gasteiger charge is 2.10. The Bertz CT molecular complexity index is 613. The maximum absolute atomic E-state index is 12.0. The van der Waals surface area contributed by atoms with Crippen LogP contribution in [0.3, 0.4) is 0 Å². The van der Waals surface area contributed by atoms with Crippen molar-refractivity contribution in [1.29, 1.82) is 0 Å². The molecule has 0 aliphatic heterocycles. The standard InChI is InChI=1S/C16H17BrN2O/c1-11(13-5-3-7-15(18)10-13)19-16(20)9-12-4-2-6-14(17)8-12/h2-8,10-11H,9,18H2,1H3,(H,19,20). The molecule has 0 aliphatic carbocycles. The highest BCUT2D eigenvalue weighted by Crippen LogP contribution is 2.16. The quantitative estimate of drug-likeness (QED) is 0.842. The molecule has 104 valence electrons. The lowest BCUT2D eigenvalue weighted by molar-refractivity contribution is -0.121. The van der Waals surface area contributed by atoms with E-state index in [4.69, 9.17) is 5.73 Å². The molecule has 0 aromatic heterocycles. The Morgan fingerprint density at radius 1 is 1.25 bits per heavy atom. The zero-order valence-corrected chi connectivity index (χ0v) is 12.9. The summed E-state index contributed by atoms with van der Waals surface area (Å²) in [5.41, 5.74) is 8.44. The normalized spacial score (nSPS) is 11.9. The summed E-state index contributed by atoms with van der Waals surface area (Å²) in [5, 5.41) is 2.98. The number of nitrogens with two attached hydrogens (primary N) is 1. The van der Waals surface area contributed by atoms with Gasteiger partial charge in [-0.2, -0.15) is 0 Å². The monoisotopic (exact) mass is 332 g/mol. The van der Waals surface area contributed by atoms with Crippen molar-refractivity contribution in [3.8, 4) is 0 Å². The van der Waals surface area contributed by atoms with Gasteiger partial charge in [0.2, 0.25) is 5.91 Å². The van der Waals surface area contributed by atoms with E-state index >= 15 is 0 Å². The molecular formula is C16H17BrN2O. The number of nitrogens with one attached hydrogen (secondary N) is 1. The van der Waals surface area contributed by atoms with Gasteiger partial charge in [0.05, 0.1) is 12.5 Å². The molecule has 2 rings (SSSR count). The van der Waals surface area contributed by atoms with Gasteiger partial charge in [0.25, 0.3) is 0 Å². The first kappa shape index (κ1) is 14.6. The molecule has 3 N–H and O–H groups in total. The summed E-state index contributed by atoms with van der Waals surface area (Å²) in [7, 11) is 0. The predicted octanol–water partition coefficient (Wildman–Crippen LogP) is 3.45. The second-order valence-electron chi connectivity index (χ2n) is 4.77. The van der Waals surface area contributed by atoms with Crippen LogP contribution < -0.4 is 11.1 Å². The third kappa shape index (κ3) is 4.10. The maximum Gasteiger partial charge on any atom is 0.224 e. The number of carbonyl (C=O) groups excluding carboxylic acids is 1. The number of nitrogen functional groups attached to an aromatic ring is 1. The molecular weight excluding hydrogens is 316 g/mol. The number of benzene rings is 2. The summed E-state index contributed by atoms with van der Waals surface area (Å²) in [5.74, 6) is -0.00183. The van der Waals surface area contributed by atoms with E-state index < -0.39 is 0 Å². The molecule has 1 unspecified atom stereocenters. The molecule has 4 heteroatoms. The second kappa shape index (κ2) is 6.57. The lowest BCUT2D eigenvalue weighted by Crippen LogP contribution is -2.28. The Hall–Kier alpha value is -1.81. The third-order valence-corrected chi connectivity index (χ3v) is 3.54. The minimum atomic E-state index is -0.0573. The average Bonchev–Trinajstić information content (AvgIpc) is 2.38. The van der Waals surface area contributed by atoms with Crippen molar-refractivity contribution in [1.82, 2.24) is 5.32 Å². The topological polar surface area (TPSA) is 55.1 Å². The molecule has 0 spiro atoms. The van der Waals surface area contributed by atoms with E-state index in [0.29, 0.717) is 12.1 Å². The number of halogens is 1. The summed E-state index contributed by atoms with van der Waals surface area (Å²) in [6.45, 7) is 1.95. The van der Waals surface area contributed by atoms with Crippen LogP contribution in [0.25, 0.3) is 0 Å². The van der Waals surface area contributed by atoms with Gasteiger partial charge >= 0.3 is 0 Å². The Morgan fingerprint density at radius 3 is 2.70 bits per heavy atom. The molecule has 0 radical (unpaired) electrons.